The maximum atomic E-state index is 12.3. The molecule has 0 aliphatic carbocycles. The van der Waals surface area contributed by atoms with E-state index in [0.717, 1.165) is 16.7 Å². The molecule has 0 spiro atoms. The van der Waals surface area contributed by atoms with Crippen molar-refractivity contribution in [2.24, 2.45) is 0 Å². The Morgan fingerprint density at radius 1 is 1.22 bits per heavy atom. The Labute approximate surface area is 162 Å². The standard InChI is InChI=1S/C20H20ClN3O3/c1-12-5-4-6-17(13(12)2)26-14(3)20(25)22-11-18-23-19(24-27-18)15-7-9-16(21)10-8-15/h4-10,14H,11H2,1-3H3,(H,22,25)/t14-/m1/s1. The molecule has 1 N–H and O–H groups in total. The van der Waals surface area contributed by atoms with Crippen molar-refractivity contribution in [1.29, 1.82) is 0 Å². The summed E-state index contributed by atoms with van der Waals surface area (Å²) in [6, 6.07) is 12.9. The first-order valence-corrected chi connectivity index (χ1v) is 8.91. The molecule has 1 aromatic heterocycles. The number of aryl methyl sites for hydroxylation is 1. The van der Waals surface area contributed by atoms with Crippen LogP contribution in [0.2, 0.25) is 5.02 Å². The van der Waals surface area contributed by atoms with Gasteiger partial charge in [0.25, 0.3) is 5.91 Å². The molecular weight excluding hydrogens is 366 g/mol. The highest BCUT2D eigenvalue weighted by Gasteiger charge is 2.17. The van der Waals surface area contributed by atoms with Crippen LogP contribution in [0.15, 0.2) is 47.0 Å². The zero-order valence-corrected chi connectivity index (χ0v) is 16.1. The average molecular weight is 386 g/mol. The Bertz CT molecular complexity index is 938. The molecule has 0 bridgehead atoms. The van der Waals surface area contributed by atoms with Crippen molar-refractivity contribution < 1.29 is 14.1 Å². The number of hydrogen-bond donors (Lipinski definition) is 1. The number of hydrogen-bond acceptors (Lipinski definition) is 5. The second kappa shape index (κ2) is 8.22. The maximum Gasteiger partial charge on any atom is 0.261 e. The molecule has 2 aromatic carbocycles. The van der Waals surface area contributed by atoms with Gasteiger partial charge in [0.05, 0.1) is 6.54 Å². The van der Waals surface area contributed by atoms with Crippen LogP contribution in [0.4, 0.5) is 0 Å². The van der Waals surface area contributed by atoms with Gasteiger partial charge in [-0.25, -0.2) is 0 Å². The van der Waals surface area contributed by atoms with E-state index in [9.17, 15) is 4.79 Å². The van der Waals surface area contributed by atoms with Crippen LogP contribution in [-0.4, -0.2) is 22.2 Å². The molecule has 140 valence electrons. The van der Waals surface area contributed by atoms with E-state index in [0.29, 0.717) is 22.5 Å². The molecule has 1 heterocycles. The predicted octanol–water partition coefficient (Wildman–Crippen LogP) is 4.09. The Morgan fingerprint density at radius 3 is 2.70 bits per heavy atom. The fourth-order valence-corrected chi connectivity index (χ4v) is 2.57. The quantitative estimate of drug-likeness (QED) is 0.691. The van der Waals surface area contributed by atoms with Crippen LogP contribution in [-0.2, 0) is 11.3 Å². The zero-order chi connectivity index (χ0) is 19.4. The van der Waals surface area contributed by atoms with Crippen LogP contribution < -0.4 is 10.1 Å². The smallest absolute Gasteiger partial charge is 0.261 e. The summed E-state index contributed by atoms with van der Waals surface area (Å²) in [6.45, 7) is 5.79. The number of benzene rings is 2. The number of nitrogens with zero attached hydrogens (tertiary/aromatic N) is 2. The third kappa shape index (κ3) is 4.65. The highest BCUT2D eigenvalue weighted by atomic mass is 35.5. The normalized spacial score (nSPS) is 11.9. The van der Waals surface area contributed by atoms with E-state index in [1.165, 1.54) is 0 Å². The number of rotatable bonds is 6. The fourth-order valence-electron chi connectivity index (χ4n) is 2.45. The molecule has 1 amide bonds. The molecule has 0 radical (unpaired) electrons. The van der Waals surface area contributed by atoms with Crippen molar-refractivity contribution in [2.75, 3.05) is 0 Å². The summed E-state index contributed by atoms with van der Waals surface area (Å²) in [4.78, 5) is 16.6. The summed E-state index contributed by atoms with van der Waals surface area (Å²) in [5.41, 5.74) is 2.91. The summed E-state index contributed by atoms with van der Waals surface area (Å²) in [5, 5.41) is 7.29. The number of amides is 1. The van der Waals surface area contributed by atoms with E-state index in [1.807, 2.05) is 32.0 Å². The maximum absolute atomic E-state index is 12.3. The minimum Gasteiger partial charge on any atom is -0.481 e. The molecule has 0 aliphatic heterocycles. The zero-order valence-electron chi connectivity index (χ0n) is 15.3. The van der Waals surface area contributed by atoms with E-state index >= 15 is 0 Å². The number of carbonyl (C=O) groups is 1. The lowest BCUT2D eigenvalue weighted by atomic mass is 10.1. The van der Waals surface area contributed by atoms with E-state index in [-0.39, 0.29) is 12.5 Å². The minimum absolute atomic E-state index is 0.125. The average Bonchev–Trinajstić information content (AvgIpc) is 3.13. The Kier molecular flexibility index (Phi) is 5.76. The Hall–Kier alpha value is -2.86. The topological polar surface area (TPSA) is 77.2 Å². The van der Waals surface area contributed by atoms with Gasteiger partial charge in [0.2, 0.25) is 11.7 Å². The highest BCUT2D eigenvalue weighted by Crippen LogP contribution is 2.22. The summed E-state index contributed by atoms with van der Waals surface area (Å²) in [5.74, 6) is 1.19. The van der Waals surface area contributed by atoms with Gasteiger partial charge in [-0.05, 0) is 62.2 Å². The van der Waals surface area contributed by atoms with Crippen LogP contribution in [0.25, 0.3) is 11.4 Å². The van der Waals surface area contributed by atoms with E-state index < -0.39 is 6.10 Å². The molecule has 0 fully saturated rings. The third-order valence-electron chi connectivity index (χ3n) is 4.21. The van der Waals surface area contributed by atoms with Gasteiger partial charge in [-0.1, -0.05) is 28.9 Å². The van der Waals surface area contributed by atoms with Gasteiger partial charge in [-0.3, -0.25) is 4.79 Å². The van der Waals surface area contributed by atoms with Crippen molar-refractivity contribution in [3.05, 3.63) is 64.5 Å². The monoisotopic (exact) mass is 385 g/mol. The number of carbonyl (C=O) groups excluding carboxylic acids is 1. The predicted molar refractivity (Wildman–Crippen MR) is 103 cm³/mol. The highest BCUT2D eigenvalue weighted by molar-refractivity contribution is 6.30. The number of halogens is 1. The van der Waals surface area contributed by atoms with Gasteiger partial charge in [0.1, 0.15) is 5.75 Å². The third-order valence-corrected chi connectivity index (χ3v) is 4.46. The van der Waals surface area contributed by atoms with Crippen LogP contribution >= 0.6 is 11.6 Å². The van der Waals surface area contributed by atoms with E-state index in [4.69, 9.17) is 20.9 Å². The van der Waals surface area contributed by atoms with Gasteiger partial charge < -0.3 is 14.6 Å². The molecule has 3 aromatic rings. The van der Waals surface area contributed by atoms with Crippen molar-refractivity contribution in [2.45, 2.75) is 33.4 Å². The van der Waals surface area contributed by atoms with Crippen molar-refractivity contribution in [3.63, 3.8) is 0 Å². The van der Waals surface area contributed by atoms with Gasteiger partial charge in [0.15, 0.2) is 6.10 Å². The molecule has 27 heavy (non-hydrogen) atoms. The summed E-state index contributed by atoms with van der Waals surface area (Å²) in [6.07, 6.45) is -0.649. The van der Waals surface area contributed by atoms with Crippen LogP contribution in [0.3, 0.4) is 0 Å². The largest absolute Gasteiger partial charge is 0.481 e. The van der Waals surface area contributed by atoms with Crippen molar-refractivity contribution in [1.82, 2.24) is 15.5 Å². The van der Waals surface area contributed by atoms with E-state index in [2.05, 4.69) is 15.5 Å². The Balaban J connectivity index is 1.57. The molecule has 3 rings (SSSR count). The number of nitrogens with one attached hydrogen (secondary N) is 1. The molecule has 0 unspecified atom stereocenters. The van der Waals surface area contributed by atoms with Crippen LogP contribution in [0.1, 0.15) is 23.9 Å². The van der Waals surface area contributed by atoms with Crippen molar-refractivity contribution >= 4 is 17.5 Å². The molecule has 0 saturated heterocycles. The fraction of sp³-hybridized carbons (Fsp3) is 0.250. The minimum atomic E-state index is -0.649. The molecule has 0 saturated carbocycles. The number of aromatic nitrogens is 2. The lowest BCUT2D eigenvalue weighted by Crippen LogP contribution is -2.36. The van der Waals surface area contributed by atoms with Gasteiger partial charge in [-0.2, -0.15) is 4.98 Å². The van der Waals surface area contributed by atoms with Gasteiger partial charge in [-0.15, -0.1) is 0 Å². The lowest BCUT2D eigenvalue weighted by Gasteiger charge is -2.16. The summed E-state index contributed by atoms with van der Waals surface area (Å²) < 4.78 is 11.0. The van der Waals surface area contributed by atoms with Crippen LogP contribution in [0.5, 0.6) is 5.75 Å². The number of ether oxygens (including phenoxy) is 1. The van der Waals surface area contributed by atoms with Gasteiger partial charge >= 0.3 is 0 Å². The molecular formula is C20H20ClN3O3. The molecule has 0 aliphatic rings. The summed E-state index contributed by atoms with van der Waals surface area (Å²) >= 11 is 5.87. The van der Waals surface area contributed by atoms with Crippen LogP contribution in [0, 0.1) is 13.8 Å². The van der Waals surface area contributed by atoms with E-state index in [1.54, 1.807) is 31.2 Å². The molecule has 1 atom stereocenters. The SMILES string of the molecule is Cc1cccc(O[C@H](C)C(=O)NCc2nc(-c3ccc(Cl)cc3)no2)c1C. The second-order valence-electron chi connectivity index (χ2n) is 6.19. The molecule has 6 nitrogen and oxygen atoms in total. The second-order valence-corrected chi connectivity index (χ2v) is 6.63. The summed E-state index contributed by atoms with van der Waals surface area (Å²) in [7, 11) is 0. The first-order valence-electron chi connectivity index (χ1n) is 8.53. The first kappa shape index (κ1) is 18.9. The lowest BCUT2D eigenvalue weighted by molar-refractivity contribution is -0.127. The molecule has 7 heteroatoms. The van der Waals surface area contributed by atoms with Crippen molar-refractivity contribution in [3.8, 4) is 17.1 Å². The Morgan fingerprint density at radius 2 is 1.96 bits per heavy atom. The van der Waals surface area contributed by atoms with Gasteiger partial charge in [0, 0.05) is 10.6 Å². The first-order chi connectivity index (χ1) is 12.9.